The highest BCUT2D eigenvalue weighted by atomic mass is 16.5. The molecule has 116 valence electrons. The number of ether oxygens (including phenoxy) is 1. The second-order valence-corrected chi connectivity index (χ2v) is 5.28. The van der Waals surface area contributed by atoms with Gasteiger partial charge in [-0.1, -0.05) is 30.3 Å². The van der Waals surface area contributed by atoms with E-state index in [0.717, 1.165) is 31.5 Å². The van der Waals surface area contributed by atoms with Crippen LogP contribution in [-0.4, -0.2) is 54.9 Å². The van der Waals surface area contributed by atoms with E-state index in [1.54, 1.807) is 4.90 Å². The summed E-state index contributed by atoms with van der Waals surface area (Å²) in [6.45, 7) is 2.80. The van der Waals surface area contributed by atoms with Crippen LogP contribution in [0.3, 0.4) is 0 Å². The van der Waals surface area contributed by atoms with E-state index in [1.165, 1.54) is 0 Å². The summed E-state index contributed by atoms with van der Waals surface area (Å²) in [6, 6.07) is 9.80. The van der Waals surface area contributed by atoms with Crippen molar-refractivity contribution < 1.29 is 14.6 Å². The van der Waals surface area contributed by atoms with Gasteiger partial charge in [-0.2, -0.15) is 0 Å². The van der Waals surface area contributed by atoms with Gasteiger partial charge in [-0.25, -0.2) is 0 Å². The molecule has 1 aliphatic rings. The summed E-state index contributed by atoms with van der Waals surface area (Å²) < 4.78 is 5.70. The zero-order chi connectivity index (χ0) is 14.9. The number of aliphatic hydroxyl groups is 1. The third-order valence-electron chi connectivity index (χ3n) is 3.67. The molecule has 0 radical (unpaired) electrons. The number of benzene rings is 1. The predicted octanol–water partition coefficient (Wildman–Crippen LogP) is 0.776. The second-order valence-electron chi connectivity index (χ2n) is 5.28. The molecule has 5 nitrogen and oxygen atoms in total. The van der Waals surface area contributed by atoms with Crippen LogP contribution in [-0.2, 0) is 16.1 Å². The van der Waals surface area contributed by atoms with Crippen LogP contribution in [0.5, 0.6) is 0 Å². The maximum Gasteiger partial charge on any atom is 0.248 e. The fourth-order valence-corrected chi connectivity index (χ4v) is 2.46. The van der Waals surface area contributed by atoms with E-state index in [9.17, 15) is 4.79 Å². The van der Waals surface area contributed by atoms with Crippen molar-refractivity contribution in [2.75, 3.05) is 32.8 Å². The van der Waals surface area contributed by atoms with Crippen LogP contribution in [0, 0.1) is 0 Å². The number of piperidine rings is 1. The molecule has 2 rings (SSSR count). The van der Waals surface area contributed by atoms with Gasteiger partial charge in [0.2, 0.25) is 5.91 Å². The maximum atomic E-state index is 12.3. The molecule has 1 amide bonds. The van der Waals surface area contributed by atoms with Gasteiger partial charge in [0.15, 0.2) is 0 Å². The van der Waals surface area contributed by atoms with Crippen LogP contribution in [0.4, 0.5) is 0 Å². The van der Waals surface area contributed by atoms with Gasteiger partial charge in [-0.05, 0) is 31.5 Å². The Morgan fingerprint density at radius 2 is 2.00 bits per heavy atom. The monoisotopic (exact) mass is 292 g/mol. The molecule has 0 spiro atoms. The third kappa shape index (κ3) is 5.46. The molecule has 0 bridgehead atoms. The van der Waals surface area contributed by atoms with Gasteiger partial charge in [0.1, 0.15) is 6.61 Å². The van der Waals surface area contributed by atoms with E-state index in [4.69, 9.17) is 9.84 Å². The van der Waals surface area contributed by atoms with Crippen molar-refractivity contribution in [3.63, 3.8) is 0 Å². The van der Waals surface area contributed by atoms with Crippen molar-refractivity contribution in [2.24, 2.45) is 0 Å². The fourth-order valence-electron chi connectivity index (χ4n) is 2.46. The van der Waals surface area contributed by atoms with Crippen molar-refractivity contribution in [2.45, 2.75) is 25.5 Å². The Hall–Kier alpha value is -1.43. The molecule has 5 heteroatoms. The average Bonchev–Trinajstić information content (AvgIpc) is 2.54. The number of nitrogens with zero attached hydrogens (tertiary/aromatic N) is 1. The normalized spacial score (nSPS) is 15.9. The lowest BCUT2D eigenvalue weighted by Crippen LogP contribution is -2.38. The summed E-state index contributed by atoms with van der Waals surface area (Å²) in [5.74, 6) is -0.0635. The summed E-state index contributed by atoms with van der Waals surface area (Å²) in [5, 5.41) is 12.4. The molecule has 0 saturated carbocycles. The van der Waals surface area contributed by atoms with E-state index in [1.807, 2.05) is 30.3 Å². The van der Waals surface area contributed by atoms with E-state index in [-0.39, 0.29) is 25.2 Å². The molecule has 0 atom stereocenters. The van der Waals surface area contributed by atoms with E-state index in [0.29, 0.717) is 13.1 Å². The lowest BCUT2D eigenvalue weighted by atomic mass is 10.1. The topological polar surface area (TPSA) is 61.8 Å². The fraction of sp³-hybridized carbons (Fsp3) is 0.562. The molecule has 1 heterocycles. The molecule has 1 aliphatic heterocycles. The van der Waals surface area contributed by atoms with Gasteiger partial charge in [0.05, 0.1) is 12.7 Å². The molecule has 21 heavy (non-hydrogen) atoms. The Morgan fingerprint density at radius 3 is 2.67 bits per heavy atom. The van der Waals surface area contributed by atoms with E-state index in [2.05, 4.69) is 5.32 Å². The zero-order valence-electron chi connectivity index (χ0n) is 12.3. The molecule has 0 aliphatic carbocycles. The first-order chi connectivity index (χ1) is 10.3. The van der Waals surface area contributed by atoms with Crippen LogP contribution >= 0.6 is 0 Å². The number of hydrogen-bond donors (Lipinski definition) is 2. The largest absolute Gasteiger partial charge is 0.395 e. The second kappa shape index (κ2) is 8.77. The average molecular weight is 292 g/mol. The van der Waals surface area contributed by atoms with Crippen molar-refractivity contribution in [3.8, 4) is 0 Å². The number of aliphatic hydroxyl groups excluding tert-OH is 1. The van der Waals surface area contributed by atoms with Crippen molar-refractivity contribution in [3.05, 3.63) is 35.9 Å². The molecular weight excluding hydrogens is 268 g/mol. The van der Waals surface area contributed by atoms with Gasteiger partial charge in [-0.3, -0.25) is 4.79 Å². The number of amides is 1. The Morgan fingerprint density at radius 1 is 1.29 bits per heavy atom. The predicted molar refractivity (Wildman–Crippen MR) is 80.8 cm³/mol. The smallest absolute Gasteiger partial charge is 0.248 e. The Balaban J connectivity index is 1.83. The summed E-state index contributed by atoms with van der Waals surface area (Å²) in [5.41, 5.74) is 1.06. The van der Waals surface area contributed by atoms with Gasteiger partial charge >= 0.3 is 0 Å². The minimum atomic E-state index is -0.0635. The highest BCUT2D eigenvalue weighted by molar-refractivity contribution is 5.77. The minimum absolute atomic E-state index is 0.0358. The van der Waals surface area contributed by atoms with Crippen molar-refractivity contribution in [1.29, 1.82) is 0 Å². The number of hydrogen-bond acceptors (Lipinski definition) is 4. The summed E-state index contributed by atoms with van der Waals surface area (Å²) in [6.07, 6.45) is 2.07. The first kappa shape index (κ1) is 15.9. The molecule has 1 aromatic rings. The summed E-state index contributed by atoms with van der Waals surface area (Å²) in [4.78, 5) is 13.9. The SMILES string of the molecule is O=C(COC1CCNCC1)N(CCO)Cc1ccccc1. The lowest BCUT2D eigenvalue weighted by molar-refractivity contribution is -0.139. The van der Waals surface area contributed by atoms with Crippen LogP contribution in [0.1, 0.15) is 18.4 Å². The van der Waals surface area contributed by atoms with E-state index >= 15 is 0 Å². The lowest BCUT2D eigenvalue weighted by Gasteiger charge is -2.26. The van der Waals surface area contributed by atoms with Gasteiger partial charge in [-0.15, -0.1) is 0 Å². The Bertz CT molecular complexity index is 419. The number of nitrogens with one attached hydrogen (secondary N) is 1. The first-order valence-corrected chi connectivity index (χ1v) is 7.54. The van der Waals surface area contributed by atoms with Crippen LogP contribution in [0.15, 0.2) is 30.3 Å². The highest BCUT2D eigenvalue weighted by Crippen LogP contribution is 2.09. The van der Waals surface area contributed by atoms with Crippen LogP contribution in [0.25, 0.3) is 0 Å². The summed E-state index contributed by atoms with van der Waals surface area (Å²) >= 11 is 0. The molecule has 1 saturated heterocycles. The zero-order valence-corrected chi connectivity index (χ0v) is 12.3. The quantitative estimate of drug-likeness (QED) is 0.779. The molecule has 1 fully saturated rings. The highest BCUT2D eigenvalue weighted by Gasteiger charge is 2.18. The molecule has 0 unspecified atom stereocenters. The third-order valence-corrected chi connectivity index (χ3v) is 3.67. The van der Waals surface area contributed by atoms with Crippen LogP contribution in [0.2, 0.25) is 0 Å². The van der Waals surface area contributed by atoms with Gasteiger partial charge < -0.3 is 20.1 Å². The van der Waals surface area contributed by atoms with Gasteiger partial charge in [0, 0.05) is 13.1 Å². The first-order valence-electron chi connectivity index (χ1n) is 7.54. The Kier molecular flexibility index (Phi) is 6.66. The van der Waals surface area contributed by atoms with Crippen molar-refractivity contribution in [1.82, 2.24) is 10.2 Å². The number of carbonyl (C=O) groups excluding carboxylic acids is 1. The molecule has 2 N–H and O–H groups in total. The standard InChI is InChI=1S/C16H24N2O3/c19-11-10-18(12-14-4-2-1-3-5-14)16(20)13-21-15-6-8-17-9-7-15/h1-5,15,17,19H,6-13H2. The molecule has 0 aromatic heterocycles. The maximum absolute atomic E-state index is 12.3. The molecular formula is C16H24N2O3. The minimum Gasteiger partial charge on any atom is -0.395 e. The number of rotatable bonds is 7. The molecule has 1 aromatic carbocycles. The number of carbonyl (C=O) groups is 1. The van der Waals surface area contributed by atoms with Crippen LogP contribution < -0.4 is 5.32 Å². The Labute approximate surface area is 125 Å². The summed E-state index contributed by atoms with van der Waals surface area (Å²) in [7, 11) is 0. The van der Waals surface area contributed by atoms with Gasteiger partial charge in [0.25, 0.3) is 0 Å². The van der Waals surface area contributed by atoms with Crippen molar-refractivity contribution >= 4 is 5.91 Å². The van der Waals surface area contributed by atoms with E-state index < -0.39 is 0 Å².